The summed E-state index contributed by atoms with van der Waals surface area (Å²) < 4.78 is 1.74. The minimum absolute atomic E-state index is 0.0496. The number of halogens is 2. The Morgan fingerprint density at radius 3 is 2.64 bits per heavy atom. The van der Waals surface area contributed by atoms with E-state index in [1.807, 2.05) is 43.3 Å². The number of hydrogen-bond acceptors (Lipinski definition) is 4. The lowest BCUT2D eigenvalue weighted by Crippen LogP contribution is -2.28. The van der Waals surface area contributed by atoms with Gasteiger partial charge in [0.25, 0.3) is 5.91 Å². The van der Waals surface area contributed by atoms with Gasteiger partial charge in [-0.25, -0.2) is 4.99 Å². The summed E-state index contributed by atoms with van der Waals surface area (Å²) in [6, 6.07) is 12.9. The third-order valence-corrected chi connectivity index (χ3v) is 5.92. The maximum Gasteiger partial charge on any atom is 0.266 e. The zero-order chi connectivity index (χ0) is 18.0. The number of carbonyl (C=O) groups is 1. The van der Waals surface area contributed by atoms with Crippen LogP contribution >= 0.6 is 50.3 Å². The van der Waals surface area contributed by atoms with E-state index in [4.69, 9.17) is 0 Å². The summed E-state index contributed by atoms with van der Waals surface area (Å²) in [4.78, 5) is 19.5. The van der Waals surface area contributed by atoms with Crippen molar-refractivity contribution in [3.05, 3.63) is 61.0 Å². The molecule has 1 N–H and O–H groups in total. The van der Waals surface area contributed by atoms with Gasteiger partial charge >= 0.3 is 0 Å². The fourth-order valence-electron chi connectivity index (χ4n) is 2.26. The lowest BCUT2D eigenvalue weighted by atomic mass is 10.2. The van der Waals surface area contributed by atoms with Gasteiger partial charge < -0.3 is 5.11 Å². The van der Waals surface area contributed by atoms with E-state index in [1.54, 1.807) is 17.0 Å². The molecule has 0 atom stereocenters. The van der Waals surface area contributed by atoms with E-state index in [-0.39, 0.29) is 11.7 Å². The van der Waals surface area contributed by atoms with Crippen molar-refractivity contribution in [1.82, 2.24) is 4.90 Å². The molecule has 0 bridgehead atoms. The number of thioether (sulfide) groups is 1. The number of amides is 1. The average Bonchev–Trinajstić information content (AvgIpc) is 2.88. The van der Waals surface area contributed by atoms with Crippen molar-refractivity contribution >= 4 is 73.1 Å². The van der Waals surface area contributed by atoms with Gasteiger partial charge in [0.15, 0.2) is 5.17 Å². The number of hydrogen-bond donors (Lipinski definition) is 1. The number of nitrogens with zero attached hydrogens (tertiary/aromatic N) is 2. The minimum Gasteiger partial charge on any atom is -0.507 e. The van der Waals surface area contributed by atoms with Crippen molar-refractivity contribution in [3.63, 3.8) is 0 Å². The van der Waals surface area contributed by atoms with Crippen molar-refractivity contribution in [1.29, 1.82) is 0 Å². The Balaban J connectivity index is 1.92. The van der Waals surface area contributed by atoms with Crippen molar-refractivity contribution in [3.8, 4) is 5.75 Å². The van der Waals surface area contributed by atoms with E-state index >= 15 is 0 Å². The highest BCUT2D eigenvalue weighted by Gasteiger charge is 2.32. The zero-order valence-corrected chi connectivity index (χ0v) is 17.8. The Bertz CT molecular complexity index is 881. The van der Waals surface area contributed by atoms with Gasteiger partial charge in [-0.1, -0.05) is 22.0 Å². The molecule has 1 fully saturated rings. The first kappa shape index (κ1) is 18.5. The molecule has 0 unspecified atom stereocenters. The van der Waals surface area contributed by atoms with Crippen molar-refractivity contribution < 1.29 is 9.90 Å². The molecule has 0 spiro atoms. The first-order valence-corrected chi connectivity index (χ1v) is 10.2. The van der Waals surface area contributed by atoms with E-state index in [9.17, 15) is 9.90 Å². The number of amidine groups is 1. The normalized spacial score (nSPS) is 17.7. The second-order valence-electron chi connectivity index (χ2n) is 5.24. The zero-order valence-electron chi connectivity index (χ0n) is 13.2. The molecule has 0 radical (unpaired) electrons. The summed E-state index contributed by atoms with van der Waals surface area (Å²) in [6.07, 6.45) is 1.83. The highest BCUT2D eigenvalue weighted by Crippen LogP contribution is 2.34. The molecule has 4 nitrogen and oxygen atoms in total. The number of phenols is 1. The molecule has 7 heteroatoms. The largest absolute Gasteiger partial charge is 0.507 e. The average molecular weight is 529 g/mol. The van der Waals surface area contributed by atoms with Crippen molar-refractivity contribution in [2.75, 3.05) is 6.54 Å². The molecule has 0 saturated carbocycles. The predicted molar refractivity (Wildman–Crippen MR) is 115 cm³/mol. The van der Waals surface area contributed by atoms with Crippen LogP contribution in [0.5, 0.6) is 5.75 Å². The predicted octanol–water partition coefficient (Wildman–Crippen LogP) is 5.38. The molecule has 25 heavy (non-hydrogen) atoms. The highest BCUT2D eigenvalue weighted by molar-refractivity contribution is 14.1. The van der Waals surface area contributed by atoms with E-state index < -0.39 is 0 Å². The summed E-state index contributed by atoms with van der Waals surface area (Å²) in [7, 11) is 0. The summed E-state index contributed by atoms with van der Waals surface area (Å²) in [5, 5.41) is 10.3. The van der Waals surface area contributed by atoms with Crippen LogP contribution in [0.1, 0.15) is 12.5 Å². The van der Waals surface area contributed by atoms with Gasteiger partial charge in [0.05, 0.1) is 14.2 Å². The molecular formula is C18H14BrIN2O2S. The number of phenolic OH excluding ortho intramolecular Hbond substituents is 1. The molecule has 1 aliphatic rings. The fourth-order valence-corrected chi connectivity index (χ4v) is 4.13. The van der Waals surface area contributed by atoms with Crippen LogP contribution in [0.15, 0.2) is 56.8 Å². The van der Waals surface area contributed by atoms with Crippen LogP contribution < -0.4 is 0 Å². The Morgan fingerprint density at radius 2 is 2.00 bits per heavy atom. The maximum absolute atomic E-state index is 12.6. The van der Waals surface area contributed by atoms with Crippen LogP contribution in [0, 0.1) is 3.57 Å². The standard InChI is InChI=1S/C18H14BrIN2O2S/c1-2-22-17(24)16(10-11-3-8-15(23)14(20)9-11)25-18(22)21-13-6-4-12(19)5-7-13/h3-10,23H,2H2,1H3/b16-10-,21-18?. The van der Waals surface area contributed by atoms with Crippen LogP contribution in [0.3, 0.4) is 0 Å². The third-order valence-electron chi connectivity index (χ3n) is 3.53. The van der Waals surface area contributed by atoms with Crippen LogP contribution in [-0.2, 0) is 4.79 Å². The molecule has 128 valence electrons. The monoisotopic (exact) mass is 528 g/mol. The van der Waals surface area contributed by atoms with Gasteiger partial charge in [-0.15, -0.1) is 0 Å². The second kappa shape index (κ2) is 7.92. The first-order chi connectivity index (χ1) is 12.0. The number of benzene rings is 2. The number of aromatic hydroxyl groups is 1. The van der Waals surface area contributed by atoms with E-state index in [1.165, 1.54) is 11.8 Å². The highest BCUT2D eigenvalue weighted by atomic mass is 127. The smallest absolute Gasteiger partial charge is 0.266 e. The first-order valence-electron chi connectivity index (χ1n) is 7.52. The topological polar surface area (TPSA) is 52.9 Å². The SMILES string of the molecule is CCN1C(=O)/C(=C/c2ccc(O)c(I)c2)SC1=Nc1ccc(Br)cc1. The number of rotatable bonds is 3. The van der Waals surface area contributed by atoms with Crippen molar-refractivity contribution in [2.24, 2.45) is 4.99 Å². The summed E-state index contributed by atoms with van der Waals surface area (Å²) in [5.74, 6) is 0.187. The van der Waals surface area contributed by atoms with Gasteiger partial charge in [-0.05, 0) is 89.3 Å². The quantitative estimate of drug-likeness (QED) is 0.429. The van der Waals surface area contributed by atoms with Crippen LogP contribution in [0.25, 0.3) is 6.08 Å². The van der Waals surface area contributed by atoms with E-state index in [0.29, 0.717) is 16.6 Å². The number of aliphatic imine (C=N–C) groups is 1. The molecule has 1 amide bonds. The lowest BCUT2D eigenvalue weighted by molar-refractivity contribution is -0.122. The molecule has 0 aliphatic carbocycles. The van der Waals surface area contributed by atoms with Gasteiger partial charge in [0, 0.05) is 11.0 Å². The van der Waals surface area contributed by atoms with Gasteiger partial charge in [-0.3, -0.25) is 9.69 Å². The molecular weight excluding hydrogens is 515 g/mol. The Morgan fingerprint density at radius 1 is 1.28 bits per heavy atom. The summed E-state index contributed by atoms with van der Waals surface area (Å²) in [6.45, 7) is 2.49. The molecule has 2 aromatic rings. The molecule has 1 aliphatic heterocycles. The number of carbonyl (C=O) groups excluding carboxylic acids is 1. The Hall–Kier alpha value is -1.32. The maximum atomic E-state index is 12.6. The van der Waals surface area contributed by atoms with Gasteiger partial charge in [-0.2, -0.15) is 0 Å². The Kier molecular flexibility index (Phi) is 5.85. The van der Waals surface area contributed by atoms with Crippen LogP contribution in [0.2, 0.25) is 0 Å². The minimum atomic E-state index is -0.0496. The molecule has 0 aromatic heterocycles. The summed E-state index contributed by atoms with van der Waals surface area (Å²) in [5.41, 5.74) is 1.68. The lowest BCUT2D eigenvalue weighted by Gasteiger charge is -2.11. The van der Waals surface area contributed by atoms with Crippen LogP contribution in [-0.4, -0.2) is 27.6 Å². The van der Waals surface area contributed by atoms with Gasteiger partial charge in [0.2, 0.25) is 0 Å². The van der Waals surface area contributed by atoms with Crippen LogP contribution in [0.4, 0.5) is 5.69 Å². The van der Waals surface area contributed by atoms with E-state index in [2.05, 4.69) is 43.5 Å². The summed E-state index contributed by atoms with van der Waals surface area (Å²) >= 11 is 6.84. The number of likely N-dealkylation sites (N-methyl/N-ethyl adjacent to an activating group) is 1. The Labute approximate surface area is 172 Å². The molecule has 1 saturated heterocycles. The van der Waals surface area contributed by atoms with Crippen molar-refractivity contribution in [2.45, 2.75) is 6.92 Å². The molecule has 2 aromatic carbocycles. The second-order valence-corrected chi connectivity index (χ2v) is 8.33. The third kappa shape index (κ3) is 4.27. The van der Waals surface area contributed by atoms with E-state index in [0.717, 1.165) is 19.3 Å². The fraction of sp³-hybridized carbons (Fsp3) is 0.111. The molecule has 1 heterocycles. The van der Waals surface area contributed by atoms with Gasteiger partial charge in [0.1, 0.15) is 5.75 Å². The molecule has 3 rings (SSSR count).